The van der Waals surface area contributed by atoms with Gasteiger partial charge in [-0.2, -0.15) is 0 Å². The molecule has 1 atom stereocenters. The van der Waals surface area contributed by atoms with Crippen molar-refractivity contribution in [3.8, 4) is 0 Å². The van der Waals surface area contributed by atoms with E-state index in [2.05, 4.69) is 15.4 Å². The van der Waals surface area contributed by atoms with Gasteiger partial charge >= 0.3 is 6.03 Å². The zero-order valence-electron chi connectivity index (χ0n) is 16.2. The molecule has 0 spiro atoms. The summed E-state index contributed by atoms with van der Waals surface area (Å²) in [4.78, 5) is 12.3. The lowest BCUT2D eigenvalue weighted by atomic mass is 9.96. The van der Waals surface area contributed by atoms with Crippen molar-refractivity contribution in [1.82, 2.24) is 15.4 Å². The summed E-state index contributed by atoms with van der Waals surface area (Å²) in [5.41, 5.74) is 2.56. The average Bonchev–Trinajstić information content (AvgIpc) is 2.66. The molecule has 0 radical (unpaired) electrons. The van der Waals surface area contributed by atoms with E-state index < -0.39 is 10.0 Å². The molecular weight excluding hydrogens is 398 g/mol. The number of halogens is 1. The third-order valence-corrected chi connectivity index (χ3v) is 5.91. The molecule has 2 aromatic rings. The number of rotatable bonds is 8. The van der Waals surface area contributed by atoms with Gasteiger partial charge in [-0.05, 0) is 41.8 Å². The van der Waals surface area contributed by atoms with Gasteiger partial charge in [-0.15, -0.1) is 0 Å². The number of carbonyl (C=O) groups is 1. The van der Waals surface area contributed by atoms with Crippen LogP contribution in [0.25, 0.3) is 0 Å². The van der Waals surface area contributed by atoms with Gasteiger partial charge in [0, 0.05) is 11.6 Å². The molecule has 3 N–H and O–H groups in total. The molecule has 1 unspecified atom stereocenters. The summed E-state index contributed by atoms with van der Waals surface area (Å²) < 4.78 is 25.4. The van der Waals surface area contributed by atoms with Crippen LogP contribution in [-0.2, 0) is 22.3 Å². The zero-order valence-corrected chi connectivity index (χ0v) is 17.8. The quantitative estimate of drug-likeness (QED) is 0.606. The molecule has 0 saturated carbocycles. The van der Waals surface area contributed by atoms with E-state index in [1.165, 1.54) is 7.05 Å². The van der Waals surface area contributed by atoms with Crippen molar-refractivity contribution in [1.29, 1.82) is 0 Å². The van der Waals surface area contributed by atoms with Crippen LogP contribution in [0.5, 0.6) is 0 Å². The highest BCUT2D eigenvalue weighted by Gasteiger charge is 2.18. The summed E-state index contributed by atoms with van der Waals surface area (Å²) in [7, 11) is -1.91. The Labute approximate surface area is 171 Å². The molecule has 0 aromatic heterocycles. The SMILES string of the molecule is CNS(=O)(=O)Cc1ccc(CNC(=O)NC(c2ccc(Cl)cc2)C(C)C)cc1. The summed E-state index contributed by atoms with van der Waals surface area (Å²) in [6.45, 7) is 4.42. The second-order valence-electron chi connectivity index (χ2n) is 6.88. The van der Waals surface area contributed by atoms with Gasteiger partial charge in [-0.25, -0.2) is 17.9 Å². The Balaban J connectivity index is 1.92. The molecule has 0 aliphatic heterocycles. The molecule has 8 heteroatoms. The van der Waals surface area contributed by atoms with Gasteiger partial charge in [-0.3, -0.25) is 0 Å². The highest BCUT2D eigenvalue weighted by Crippen LogP contribution is 2.23. The number of nitrogens with one attached hydrogen (secondary N) is 3. The standard InChI is InChI=1S/C20H26ClN3O3S/c1-14(2)19(17-8-10-18(21)11-9-17)24-20(25)23-12-15-4-6-16(7-5-15)13-28(26,27)22-3/h4-11,14,19,22H,12-13H2,1-3H3,(H2,23,24,25). The number of hydrogen-bond acceptors (Lipinski definition) is 3. The average molecular weight is 424 g/mol. The van der Waals surface area contributed by atoms with Crippen molar-refractivity contribution in [2.45, 2.75) is 32.2 Å². The number of hydrogen-bond donors (Lipinski definition) is 3. The zero-order chi connectivity index (χ0) is 20.7. The molecule has 0 bridgehead atoms. The lowest BCUT2D eigenvalue weighted by Gasteiger charge is -2.23. The van der Waals surface area contributed by atoms with Crippen LogP contribution in [0.2, 0.25) is 5.02 Å². The van der Waals surface area contributed by atoms with Crippen LogP contribution in [0.4, 0.5) is 4.79 Å². The third-order valence-electron chi connectivity index (χ3n) is 4.33. The molecule has 2 amide bonds. The van der Waals surface area contributed by atoms with Gasteiger partial charge in [0.15, 0.2) is 0 Å². The van der Waals surface area contributed by atoms with Crippen LogP contribution in [0.1, 0.15) is 36.6 Å². The van der Waals surface area contributed by atoms with Crippen LogP contribution >= 0.6 is 11.6 Å². The first-order chi connectivity index (χ1) is 13.2. The summed E-state index contributed by atoms with van der Waals surface area (Å²) in [5, 5.41) is 6.48. The van der Waals surface area contributed by atoms with Crippen molar-refractivity contribution in [2.24, 2.45) is 5.92 Å². The number of amides is 2. The Bertz CT molecular complexity index is 882. The van der Waals surface area contributed by atoms with Crippen molar-refractivity contribution in [2.75, 3.05) is 7.05 Å². The molecule has 0 saturated heterocycles. The van der Waals surface area contributed by atoms with Crippen LogP contribution in [0, 0.1) is 5.92 Å². The molecule has 0 fully saturated rings. The summed E-state index contributed by atoms with van der Waals surface area (Å²) in [6, 6.07) is 14.1. The fourth-order valence-corrected chi connectivity index (χ4v) is 3.63. The molecule has 2 rings (SSSR count). The largest absolute Gasteiger partial charge is 0.334 e. The Hall–Kier alpha value is -2.09. The van der Waals surface area contributed by atoms with Gasteiger partial charge in [0.25, 0.3) is 0 Å². The first-order valence-corrected chi connectivity index (χ1v) is 11.0. The van der Waals surface area contributed by atoms with E-state index in [1.54, 1.807) is 24.3 Å². The summed E-state index contributed by atoms with van der Waals surface area (Å²) in [5.74, 6) is 0.134. The van der Waals surface area contributed by atoms with Crippen molar-refractivity contribution >= 4 is 27.7 Å². The smallest absolute Gasteiger partial charge is 0.315 e. The third kappa shape index (κ3) is 6.82. The van der Waals surface area contributed by atoms with E-state index in [-0.39, 0.29) is 23.7 Å². The van der Waals surface area contributed by atoms with Gasteiger partial charge in [-0.1, -0.05) is 61.8 Å². The van der Waals surface area contributed by atoms with Crippen LogP contribution in [0.3, 0.4) is 0 Å². The molecule has 0 aliphatic carbocycles. The molecule has 0 heterocycles. The van der Waals surface area contributed by atoms with Gasteiger partial charge in [0.1, 0.15) is 0 Å². The lowest BCUT2D eigenvalue weighted by Crippen LogP contribution is -2.39. The van der Waals surface area contributed by atoms with E-state index >= 15 is 0 Å². The highest BCUT2D eigenvalue weighted by molar-refractivity contribution is 7.88. The minimum absolute atomic E-state index is 0.0745. The number of sulfonamides is 1. The van der Waals surface area contributed by atoms with Gasteiger partial charge in [0.2, 0.25) is 10.0 Å². The molecule has 6 nitrogen and oxygen atoms in total. The van der Waals surface area contributed by atoms with E-state index in [9.17, 15) is 13.2 Å². The molecule has 28 heavy (non-hydrogen) atoms. The van der Waals surface area contributed by atoms with Gasteiger partial charge in [0.05, 0.1) is 11.8 Å². The minimum atomic E-state index is -3.30. The van der Waals surface area contributed by atoms with E-state index in [4.69, 9.17) is 11.6 Å². The van der Waals surface area contributed by atoms with E-state index in [0.29, 0.717) is 17.1 Å². The van der Waals surface area contributed by atoms with Crippen LogP contribution in [-0.4, -0.2) is 21.5 Å². The van der Waals surface area contributed by atoms with Gasteiger partial charge < -0.3 is 10.6 Å². The normalized spacial score (nSPS) is 12.6. The molecule has 2 aromatic carbocycles. The lowest BCUT2D eigenvalue weighted by molar-refractivity contribution is 0.232. The van der Waals surface area contributed by atoms with Crippen molar-refractivity contribution in [3.05, 3.63) is 70.2 Å². The van der Waals surface area contributed by atoms with Crippen molar-refractivity contribution in [3.63, 3.8) is 0 Å². The first-order valence-electron chi connectivity index (χ1n) is 8.99. The maximum absolute atomic E-state index is 12.3. The summed E-state index contributed by atoms with van der Waals surface area (Å²) >= 11 is 5.94. The van der Waals surface area contributed by atoms with Crippen LogP contribution in [0.15, 0.2) is 48.5 Å². The van der Waals surface area contributed by atoms with E-state index in [0.717, 1.165) is 11.1 Å². The number of carbonyl (C=O) groups excluding carboxylic acids is 1. The first kappa shape index (κ1) is 22.2. The van der Waals surface area contributed by atoms with E-state index in [1.807, 2.05) is 38.1 Å². The fourth-order valence-electron chi connectivity index (χ4n) is 2.72. The molecule has 0 aliphatic rings. The van der Waals surface area contributed by atoms with Crippen LogP contribution < -0.4 is 15.4 Å². The molecular formula is C20H26ClN3O3S. The highest BCUT2D eigenvalue weighted by atomic mass is 35.5. The second-order valence-corrected chi connectivity index (χ2v) is 9.24. The maximum atomic E-state index is 12.3. The predicted octanol–water partition coefficient (Wildman–Crippen LogP) is 3.59. The van der Waals surface area contributed by atoms with Crippen molar-refractivity contribution < 1.29 is 13.2 Å². The topological polar surface area (TPSA) is 87.3 Å². The maximum Gasteiger partial charge on any atom is 0.315 e. The number of benzene rings is 2. The minimum Gasteiger partial charge on any atom is -0.334 e. The Morgan fingerprint density at radius 2 is 1.57 bits per heavy atom. The Morgan fingerprint density at radius 1 is 1.00 bits per heavy atom. The monoisotopic (exact) mass is 423 g/mol. The summed E-state index contributed by atoms with van der Waals surface area (Å²) in [6.07, 6.45) is 0. The predicted molar refractivity (Wildman–Crippen MR) is 113 cm³/mol. The Kier molecular flexibility index (Phi) is 7.86. The molecule has 152 valence electrons. The number of urea groups is 1. The second kappa shape index (κ2) is 9.91. The fraction of sp³-hybridized carbons (Fsp3) is 0.350. The Morgan fingerprint density at radius 3 is 2.11 bits per heavy atom.